The maximum atomic E-state index is 11.5. The lowest BCUT2D eigenvalue weighted by atomic mass is 9.83. The topological polar surface area (TPSA) is 20.2 Å². The number of benzene rings is 6. The Bertz CT molecular complexity index is 1730. The summed E-state index contributed by atoms with van der Waals surface area (Å²) in [5, 5.41) is 16.2. The van der Waals surface area contributed by atoms with Gasteiger partial charge >= 0.3 is 0 Å². The summed E-state index contributed by atoms with van der Waals surface area (Å²) in [7, 11) is 0. The van der Waals surface area contributed by atoms with Crippen LogP contribution in [-0.4, -0.2) is 5.11 Å². The van der Waals surface area contributed by atoms with Crippen molar-refractivity contribution in [2.24, 2.45) is 0 Å². The summed E-state index contributed by atoms with van der Waals surface area (Å²) in [6.45, 7) is 0. The van der Waals surface area contributed by atoms with Gasteiger partial charge in [-0.15, -0.1) is 0 Å². The van der Waals surface area contributed by atoms with Gasteiger partial charge in [0.1, 0.15) is 5.75 Å². The van der Waals surface area contributed by atoms with Crippen molar-refractivity contribution in [3.05, 3.63) is 126 Å². The highest BCUT2D eigenvalue weighted by Gasteiger charge is 2.28. The van der Waals surface area contributed by atoms with E-state index in [4.69, 9.17) is 0 Å². The Hall–Kier alpha value is -4.36. The van der Waals surface area contributed by atoms with E-state index in [-0.39, 0.29) is 5.75 Å². The molecule has 34 heavy (non-hydrogen) atoms. The van der Waals surface area contributed by atoms with Gasteiger partial charge in [0.15, 0.2) is 0 Å². The second-order valence-corrected chi connectivity index (χ2v) is 8.96. The first kappa shape index (κ1) is 19.1. The molecule has 1 nitrogen and oxygen atoms in total. The summed E-state index contributed by atoms with van der Waals surface area (Å²) in [6, 6.07) is 41.6. The first-order valence-corrected chi connectivity index (χ1v) is 11.7. The Balaban J connectivity index is 1.68. The molecule has 6 aromatic rings. The lowest BCUT2D eigenvalue weighted by molar-refractivity contribution is 0.476. The van der Waals surface area contributed by atoms with E-state index in [1.54, 1.807) is 0 Å². The monoisotopic (exact) mass is 433 g/mol. The SMILES string of the molecule is Oc1[c]c2c(c(-c3cccc4ccccc34)c1-c1cccc3ccccc13)-c1ccccc1C2. The average molecular weight is 434 g/mol. The number of phenols is 1. The summed E-state index contributed by atoms with van der Waals surface area (Å²) in [6.07, 6.45) is 0.784. The second kappa shape index (κ2) is 7.33. The summed E-state index contributed by atoms with van der Waals surface area (Å²) >= 11 is 0. The van der Waals surface area contributed by atoms with Crippen molar-refractivity contribution in [2.75, 3.05) is 0 Å². The summed E-state index contributed by atoms with van der Waals surface area (Å²) in [5.74, 6) is 0.214. The van der Waals surface area contributed by atoms with E-state index in [1.165, 1.54) is 27.5 Å². The highest BCUT2D eigenvalue weighted by Crippen LogP contribution is 2.52. The normalized spacial score (nSPS) is 12.1. The average Bonchev–Trinajstić information content (AvgIpc) is 3.25. The predicted octanol–water partition coefficient (Wildman–Crippen LogP) is 8.40. The van der Waals surface area contributed by atoms with Crippen LogP contribution < -0.4 is 0 Å². The summed E-state index contributed by atoms with van der Waals surface area (Å²) < 4.78 is 0. The highest BCUT2D eigenvalue weighted by atomic mass is 16.3. The quantitative estimate of drug-likeness (QED) is 0.290. The van der Waals surface area contributed by atoms with E-state index in [0.29, 0.717) is 0 Å². The van der Waals surface area contributed by atoms with Gasteiger partial charge in [0.2, 0.25) is 0 Å². The molecule has 0 atom stereocenters. The summed E-state index contributed by atoms with van der Waals surface area (Å²) in [5.41, 5.74) is 8.87. The Labute approximate surface area is 198 Å². The molecule has 0 aliphatic heterocycles. The Kier molecular flexibility index (Phi) is 4.13. The van der Waals surface area contributed by atoms with Crippen LogP contribution in [0.15, 0.2) is 109 Å². The van der Waals surface area contributed by atoms with Crippen molar-refractivity contribution in [2.45, 2.75) is 6.42 Å². The van der Waals surface area contributed by atoms with Crippen LogP contribution >= 0.6 is 0 Å². The van der Waals surface area contributed by atoms with E-state index in [1.807, 2.05) is 0 Å². The predicted molar refractivity (Wildman–Crippen MR) is 141 cm³/mol. The molecule has 1 aliphatic rings. The minimum Gasteiger partial charge on any atom is -0.507 e. The first-order valence-electron chi connectivity index (χ1n) is 11.7. The fraction of sp³-hybridized carbons (Fsp3) is 0.0303. The van der Waals surface area contributed by atoms with E-state index < -0.39 is 0 Å². The largest absolute Gasteiger partial charge is 0.507 e. The Morgan fingerprint density at radius 2 is 1.03 bits per heavy atom. The Morgan fingerprint density at radius 3 is 1.74 bits per heavy atom. The van der Waals surface area contributed by atoms with Crippen molar-refractivity contribution in [3.63, 3.8) is 0 Å². The number of hydrogen-bond donors (Lipinski definition) is 1. The minimum absolute atomic E-state index is 0.214. The van der Waals surface area contributed by atoms with Crippen molar-refractivity contribution in [3.8, 4) is 39.1 Å². The molecule has 0 amide bonds. The van der Waals surface area contributed by atoms with Crippen LogP contribution in [0.5, 0.6) is 5.75 Å². The maximum Gasteiger partial charge on any atom is 0.132 e. The van der Waals surface area contributed by atoms with Crippen molar-refractivity contribution >= 4 is 21.5 Å². The van der Waals surface area contributed by atoms with Gasteiger partial charge in [-0.2, -0.15) is 0 Å². The molecule has 0 spiro atoms. The van der Waals surface area contributed by atoms with Crippen LogP contribution in [0.25, 0.3) is 54.9 Å². The molecule has 0 saturated heterocycles. The molecule has 1 N–H and O–H groups in total. The van der Waals surface area contributed by atoms with Crippen molar-refractivity contribution < 1.29 is 5.11 Å². The van der Waals surface area contributed by atoms with E-state index in [9.17, 15) is 5.11 Å². The molecule has 1 heteroatoms. The van der Waals surface area contributed by atoms with E-state index in [2.05, 4.69) is 115 Å². The highest BCUT2D eigenvalue weighted by molar-refractivity contribution is 6.11. The number of phenolic OH excluding ortho intramolecular Hbond substituents is 1. The van der Waals surface area contributed by atoms with Crippen molar-refractivity contribution in [1.29, 1.82) is 0 Å². The first-order chi connectivity index (χ1) is 16.8. The van der Waals surface area contributed by atoms with E-state index >= 15 is 0 Å². The molecule has 0 bridgehead atoms. The van der Waals surface area contributed by atoms with Crippen LogP contribution in [0.4, 0.5) is 0 Å². The van der Waals surface area contributed by atoms with Gasteiger partial charge in [-0.25, -0.2) is 0 Å². The molecule has 0 saturated carbocycles. The standard InChI is InChI=1S/C33H21O/c34-30-20-24-19-23-11-3-6-16-27(23)31(24)33(29-18-8-13-22-10-2-5-15-26(22)29)32(30)28-17-7-12-21-9-1-4-14-25(21)28/h1-18,34H,19H2. The third kappa shape index (κ3) is 2.74. The van der Waals surface area contributed by atoms with Gasteiger partial charge in [0.05, 0.1) is 0 Å². The Morgan fingerprint density at radius 1 is 0.500 bits per heavy atom. The third-order valence-corrected chi connectivity index (χ3v) is 7.08. The molecule has 0 heterocycles. The molecule has 6 aromatic carbocycles. The van der Waals surface area contributed by atoms with Crippen LogP contribution in [0.2, 0.25) is 0 Å². The molecular weight excluding hydrogens is 412 g/mol. The summed E-state index contributed by atoms with van der Waals surface area (Å²) in [4.78, 5) is 0. The van der Waals surface area contributed by atoms with Crippen LogP contribution in [0.1, 0.15) is 11.1 Å². The van der Waals surface area contributed by atoms with Gasteiger partial charge in [0.25, 0.3) is 0 Å². The molecule has 0 fully saturated rings. The van der Waals surface area contributed by atoms with E-state index in [0.717, 1.165) is 45.0 Å². The number of hydrogen-bond acceptors (Lipinski definition) is 1. The molecule has 0 aromatic heterocycles. The van der Waals surface area contributed by atoms with Crippen LogP contribution in [0, 0.1) is 6.07 Å². The molecule has 1 radical (unpaired) electrons. The number of fused-ring (bicyclic) bond motifs is 5. The van der Waals surface area contributed by atoms with Crippen molar-refractivity contribution in [1.82, 2.24) is 0 Å². The third-order valence-electron chi connectivity index (χ3n) is 7.08. The fourth-order valence-corrected chi connectivity index (χ4v) is 5.62. The van der Waals surface area contributed by atoms with Gasteiger partial charge in [-0.1, -0.05) is 109 Å². The number of rotatable bonds is 2. The zero-order chi connectivity index (χ0) is 22.6. The minimum atomic E-state index is 0.214. The smallest absolute Gasteiger partial charge is 0.132 e. The number of aromatic hydroxyl groups is 1. The lowest BCUT2D eigenvalue weighted by Crippen LogP contribution is -1.95. The zero-order valence-electron chi connectivity index (χ0n) is 18.5. The maximum absolute atomic E-state index is 11.5. The zero-order valence-corrected chi connectivity index (χ0v) is 18.5. The molecule has 159 valence electrons. The van der Waals surface area contributed by atoms with Crippen LogP contribution in [0.3, 0.4) is 0 Å². The second-order valence-electron chi connectivity index (χ2n) is 8.96. The lowest BCUT2D eigenvalue weighted by Gasteiger charge is -2.20. The van der Waals surface area contributed by atoms with Gasteiger partial charge in [0, 0.05) is 17.2 Å². The van der Waals surface area contributed by atoms with Crippen LogP contribution in [-0.2, 0) is 6.42 Å². The van der Waals surface area contributed by atoms with Gasteiger partial charge in [-0.3, -0.25) is 0 Å². The fourth-order valence-electron chi connectivity index (χ4n) is 5.62. The molecule has 1 aliphatic carbocycles. The van der Waals surface area contributed by atoms with Gasteiger partial charge < -0.3 is 5.11 Å². The van der Waals surface area contributed by atoms with Gasteiger partial charge in [-0.05, 0) is 61.3 Å². The molecular formula is C33H21O. The molecule has 0 unspecified atom stereocenters. The molecule has 7 rings (SSSR count).